The van der Waals surface area contributed by atoms with Gasteiger partial charge in [0, 0.05) is 36.1 Å². The smallest absolute Gasteiger partial charge is 0.264 e. The van der Waals surface area contributed by atoms with Gasteiger partial charge in [0.25, 0.3) is 10.0 Å². The van der Waals surface area contributed by atoms with Crippen molar-refractivity contribution in [1.82, 2.24) is 10.2 Å². The van der Waals surface area contributed by atoms with Crippen molar-refractivity contribution in [3.63, 3.8) is 0 Å². The summed E-state index contributed by atoms with van der Waals surface area (Å²) in [5.41, 5.74) is 2.96. The van der Waals surface area contributed by atoms with Crippen molar-refractivity contribution in [2.75, 3.05) is 17.4 Å². The number of carbonyl (C=O) groups excluding carboxylic acids is 2. The monoisotopic (exact) mass is 559 g/mol. The van der Waals surface area contributed by atoms with E-state index in [9.17, 15) is 18.0 Å². The van der Waals surface area contributed by atoms with E-state index in [4.69, 9.17) is 23.2 Å². The molecule has 0 atom stereocenters. The molecule has 1 N–H and O–H groups in total. The zero-order chi connectivity index (χ0) is 26.6. The number of nitrogens with zero attached hydrogens (tertiary/aromatic N) is 2. The third kappa shape index (κ3) is 6.83. The summed E-state index contributed by atoms with van der Waals surface area (Å²) in [6.45, 7) is 2.96. The highest BCUT2D eigenvalue weighted by Gasteiger charge is 2.28. The molecule has 0 bridgehead atoms. The predicted molar refractivity (Wildman–Crippen MR) is 145 cm³/mol. The Morgan fingerprint density at radius 2 is 1.59 bits per heavy atom. The third-order valence-electron chi connectivity index (χ3n) is 6.09. The molecule has 0 unspecified atom stereocenters. The minimum atomic E-state index is -4.08. The second-order valence-electron chi connectivity index (χ2n) is 8.96. The Hall–Kier alpha value is -3.07. The van der Waals surface area contributed by atoms with Crippen LogP contribution in [-0.2, 0) is 32.7 Å². The molecule has 3 aromatic carbocycles. The highest BCUT2D eigenvalue weighted by molar-refractivity contribution is 7.92. The summed E-state index contributed by atoms with van der Waals surface area (Å²) >= 11 is 12.3. The van der Waals surface area contributed by atoms with Gasteiger partial charge < -0.3 is 10.2 Å². The van der Waals surface area contributed by atoms with E-state index in [1.54, 1.807) is 12.1 Å². The van der Waals surface area contributed by atoms with Crippen LogP contribution in [0.4, 0.5) is 5.69 Å². The summed E-state index contributed by atoms with van der Waals surface area (Å²) in [5, 5.41) is 3.29. The number of amides is 2. The number of halogens is 2. The predicted octanol–water partition coefficient (Wildman–Crippen LogP) is 4.94. The zero-order valence-corrected chi connectivity index (χ0v) is 22.6. The maximum atomic E-state index is 13.5. The van der Waals surface area contributed by atoms with Gasteiger partial charge in [-0.25, -0.2) is 8.42 Å². The molecule has 1 fully saturated rings. The average molecular weight is 561 g/mol. The minimum absolute atomic E-state index is 0.0501. The lowest BCUT2D eigenvalue weighted by Crippen LogP contribution is -2.40. The van der Waals surface area contributed by atoms with Gasteiger partial charge in [-0.3, -0.25) is 13.9 Å². The largest absolute Gasteiger partial charge is 0.350 e. The molecule has 1 heterocycles. The Morgan fingerprint density at radius 1 is 0.973 bits per heavy atom. The Kier molecular flexibility index (Phi) is 8.42. The first-order chi connectivity index (χ1) is 17.6. The van der Waals surface area contributed by atoms with Gasteiger partial charge in [-0.2, -0.15) is 0 Å². The number of anilines is 1. The molecule has 0 aliphatic carbocycles. The van der Waals surface area contributed by atoms with Crippen LogP contribution < -0.4 is 9.62 Å². The fourth-order valence-electron chi connectivity index (χ4n) is 4.08. The molecule has 0 spiro atoms. The quantitative estimate of drug-likeness (QED) is 0.402. The number of likely N-dealkylation sites (tertiary alicyclic amines) is 1. The number of carbonyl (C=O) groups is 2. The fraction of sp³-hybridized carbons (Fsp3) is 0.259. The molecular formula is C27H27Cl2N3O4S. The average Bonchev–Trinajstić information content (AvgIpc) is 3.25. The fourth-order valence-corrected chi connectivity index (χ4v) is 6.00. The molecule has 2 amide bonds. The molecule has 3 aromatic rings. The molecule has 10 heteroatoms. The van der Waals surface area contributed by atoms with E-state index in [0.717, 1.165) is 34.0 Å². The van der Waals surface area contributed by atoms with Gasteiger partial charge in [0.2, 0.25) is 11.8 Å². The molecule has 0 aromatic heterocycles. The summed E-state index contributed by atoms with van der Waals surface area (Å²) in [6.07, 6.45) is 1.49. The molecule has 1 saturated heterocycles. The lowest BCUT2D eigenvalue weighted by molar-refractivity contribution is -0.128. The van der Waals surface area contributed by atoms with Crippen LogP contribution in [0.1, 0.15) is 29.5 Å². The molecule has 1 aliphatic rings. The number of rotatable bonds is 9. The van der Waals surface area contributed by atoms with Crippen LogP contribution in [-0.4, -0.2) is 38.2 Å². The van der Waals surface area contributed by atoms with Crippen molar-refractivity contribution in [3.05, 3.63) is 93.5 Å². The van der Waals surface area contributed by atoms with Crippen molar-refractivity contribution in [1.29, 1.82) is 0 Å². The van der Waals surface area contributed by atoms with E-state index in [0.29, 0.717) is 13.0 Å². The summed E-state index contributed by atoms with van der Waals surface area (Å²) in [5.74, 6) is -0.319. The van der Waals surface area contributed by atoms with E-state index >= 15 is 0 Å². The molecule has 1 aliphatic heterocycles. The SMILES string of the molecule is Cc1ccc(S(=O)(=O)N(CC(=O)NCc2ccc(CN3CCCC3=O)cc2)c2cc(Cl)cc(Cl)c2)cc1. The number of benzene rings is 3. The van der Waals surface area contributed by atoms with Gasteiger partial charge in [-0.15, -0.1) is 0 Å². The summed E-state index contributed by atoms with van der Waals surface area (Å²) in [6, 6.07) is 18.4. The van der Waals surface area contributed by atoms with E-state index < -0.39 is 22.5 Å². The van der Waals surface area contributed by atoms with Crippen molar-refractivity contribution in [3.8, 4) is 0 Å². The topological polar surface area (TPSA) is 86.8 Å². The lowest BCUT2D eigenvalue weighted by atomic mass is 10.1. The Morgan fingerprint density at radius 3 is 2.19 bits per heavy atom. The standard InChI is InChI=1S/C27H27Cl2N3O4S/c1-19-4-10-25(11-5-19)37(35,36)32(24-14-22(28)13-23(29)15-24)18-26(33)30-16-20-6-8-21(9-7-20)17-31-12-2-3-27(31)34/h4-11,13-15H,2-3,12,16-18H2,1H3,(H,30,33). The van der Waals surface area contributed by atoms with Crippen LogP contribution in [0, 0.1) is 6.92 Å². The van der Waals surface area contributed by atoms with E-state index in [1.165, 1.54) is 30.3 Å². The van der Waals surface area contributed by atoms with Crippen LogP contribution in [0.15, 0.2) is 71.6 Å². The second-order valence-corrected chi connectivity index (χ2v) is 11.7. The van der Waals surface area contributed by atoms with Gasteiger partial charge in [-0.1, -0.05) is 65.2 Å². The summed E-state index contributed by atoms with van der Waals surface area (Å²) < 4.78 is 28.0. The molecule has 0 saturated carbocycles. The first-order valence-corrected chi connectivity index (χ1v) is 14.0. The maximum Gasteiger partial charge on any atom is 0.264 e. The van der Waals surface area contributed by atoms with Gasteiger partial charge in [-0.05, 0) is 54.8 Å². The molecule has 37 heavy (non-hydrogen) atoms. The Bertz CT molecular complexity index is 1370. The number of hydrogen-bond donors (Lipinski definition) is 1. The highest BCUT2D eigenvalue weighted by atomic mass is 35.5. The van der Waals surface area contributed by atoms with E-state index in [1.807, 2.05) is 36.1 Å². The molecule has 7 nitrogen and oxygen atoms in total. The normalized spacial score (nSPS) is 13.6. The third-order valence-corrected chi connectivity index (χ3v) is 8.31. The van der Waals surface area contributed by atoms with E-state index in [-0.39, 0.29) is 33.1 Å². The molecule has 0 radical (unpaired) electrons. The number of aryl methyl sites for hydroxylation is 1. The second kappa shape index (κ2) is 11.5. The molecular weight excluding hydrogens is 533 g/mol. The summed E-state index contributed by atoms with van der Waals surface area (Å²) in [7, 11) is -4.08. The van der Waals surface area contributed by atoms with E-state index in [2.05, 4.69) is 5.32 Å². The van der Waals surface area contributed by atoms with Crippen LogP contribution in [0.25, 0.3) is 0 Å². The lowest BCUT2D eigenvalue weighted by Gasteiger charge is -2.24. The number of nitrogens with one attached hydrogen (secondary N) is 1. The van der Waals surface area contributed by atoms with Crippen molar-refractivity contribution in [2.24, 2.45) is 0 Å². The first kappa shape index (κ1) is 27.0. The van der Waals surface area contributed by atoms with Crippen LogP contribution >= 0.6 is 23.2 Å². The van der Waals surface area contributed by atoms with Gasteiger partial charge in [0.15, 0.2) is 0 Å². The number of sulfonamides is 1. The first-order valence-electron chi connectivity index (χ1n) is 11.8. The van der Waals surface area contributed by atoms with Gasteiger partial charge >= 0.3 is 0 Å². The summed E-state index contributed by atoms with van der Waals surface area (Å²) in [4.78, 5) is 26.6. The van der Waals surface area contributed by atoms with Crippen molar-refractivity contribution < 1.29 is 18.0 Å². The minimum Gasteiger partial charge on any atom is -0.350 e. The van der Waals surface area contributed by atoms with Crippen LogP contribution in [0.5, 0.6) is 0 Å². The van der Waals surface area contributed by atoms with Crippen molar-refractivity contribution >= 4 is 50.7 Å². The Labute approximate surface area is 227 Å². The molecule has 194 valence electrons. The highest BCUT2D eigenvalue weighted by Crippen LogP contribution is 2.29. The van der Waals surface area contributed by atoms with Crippen LogP contribution in [0.3, 0.4) is 0 Å². The molecule has 4 rings (SSSR count). The van der Waals surface area contributed by atoms with Crippen molar-refractivity contribution in [2.45, 2.75) is 37.8 Å². The van der Waals surface area contributed by atoms with Crippen LogP contribution in [0.2, 0.25) is 10.0 Å². The van der Waals surface area contributed by atoms with Gasteiger partial charge in [0.1, 0.15) is 6.54 Å². The Balaban J connectivity index is 1.47. The van der Waals surface area contributed by atoms with Gasteiger partial charge in [0.05, 0.1) is 10.6 Å². The number of hydrogen-bond acceptors (Lipinski definition) is 4. The zero-order valence-electron chi connectivity index (χ0n) is 20.3. The maximum absolute atomic E-state index is 13.5.